The van der Waals surface area contributed by atoms with Crippen LogP contribution in [0.3, 0.4) is 0 Å². The highest BCUT2D eigenvalue weighted by Crippen LogP contribution is 2.32. The van der Waals surface area contributed by atoms with Crippen LogP contribution in [0.15, 0.2) is 24.3 Å². The molecule has 1 aromatic carbocycles. The Bertz CT molecular complexity index is 504. The standard InChI is InChI=1S/C16H20N2O/c1-12-5-3-8-15(12)16(19)18(2)11-14-7-4-6-13(9-14)10-17/h4,6-7,9,12,15H,3,5,8,11H2,1-2H3. The summed E-state index contributed by atoms with van der Waals surface area (Å²) in [6, 6.07) is 9.59. The molecule has 2 unspecified atom stereocenters. The lowest BCUT2D eigenvalue weighted by Gasteiger charge is -2.23. The van der Waals surface area contributed by atoms with Crippen molar-refractivity contribution in [2.75, 3.05) is 7.05 Å². The van der Waals surface area contributed by atoms with Crippen molar-refractivity contribution >= 4 is 5.91 Å². The zero-order valence-electron chi connectivity index (χ0n) is 11.6. The number of hydrogen-bond donors (Lipinski definition) is 0. The summed E-state index contributed by atoms with van der Waals surface area (Å²) in [6.45, 7) is 2.75. The first-order valence-electron chi connectivity index (χ1n) is 6.86. The molecule has 0 bridgehead atoms. The second-order valence-corrected chi connectivity index (χ2v) is 5.52. The molecule has 100 valence electrons. The van der Waals surface area contributed by atoms with E-state index in [1.807, 2.05) is 25.2 Å². The molecule has 1 amide bonds. The van der Waals surface area contributed by atoms with Crippen molar-refractivity contribution in [2.45, 2.75) is 32.7 Å². The van der Waals surface area contributed by atoms with E-state index in [1.165, 1.54) is 0 Å². The first-order valence-corrected chi connectivity index (χ1v) is 6.86. The van der Waals surface area contributed by atoms with Crippen molar-refractivity contribution in [3.05, 3.63) is 35.4 Å². The molecule has 1 fully saturated rings. The minimum atomic E-state index is 0.184. The maximum atomic E-state index is 12.4. The molecule has 1 aliphatic rings. The van der Waals surface area contributed by atoms with Crippen LogP contribution in [0.1, 0.15) is 37.3 Å². The third-order valence-corrected chi connectivity index (χ3v) is 4.03. The van der Waals surface area contributed by atoms with Gasteiger partial charge in [-0.05, 0) is 36.5 Å². The maximum Gasteiger partial charge on any atom is 0.225 e. The summed E-state index contributed by atoms with van der Waals surface area (Å²) >= 11 is 0. The van der Waals surface area contributed by atoms with E-state index in [9.17, 15) is 4.79 Å². The zero-order chi connectivity index (χ0) is 13.8. The molecule has 0 radical (unpaired) electrons. The van der Waals surface area contributed by atoms with E-state index in [0.29, 0.717) is 18.0 Å². The molecule has 0 heterocycles. The van der Waals surface area contributed by atoms with Crippen molar-refractivity contribution in [2.24, 2.45) is 11.8 Å². The van der Waals surface area contributed by atoms with E-state index in [4.69, 9.17) is 5.26 Å². The number of nitriles is 1. The molecule has 0 saturated heterocycles. The van der Waals surface area contributed by atoms with Crippen LogP contribution in [0.4, 0.5) is 0 Å². The molecule has 1 aliphatic carbocycles. The fourth-order valence-electron chi connectivity index (χ4n) is 2.89. The Morgan fingerprint density at radius 1 is 1.47 bits per heavy atom. The van der Waals surface area contributed by atoms with E-state index in [0.717, 1.165) is 24.8 Å². The van der Waals surface area contributed by atoms with Gasteiger partial charge in [0.2, 0.25) is 5.91 Å². The van der Waals surface area contributed by atoms with Crippen LogP contribution in [0.25, 0.3) is 0 Å². The summed E-state index contributed by atoms with van der Waals surface area (Å²) in [6.07, 6.45) is 3.34. The fourth-order valence-corrected chi connectivity index (χ4v) is 2.89. The Labute approximate surface area is 114 Å². The van der Waals surface area contributed by atoms with Gasteiger partial charge >= 0.3 is 0 Å². The van der Waals surface area contributed by atoms with E-state index in [-0.39, 0.29) is 11.8 Å². The molecular formula is C16H20N2O. The van der Waals surface area contributed by atoms with Crippen molar-refractivity contribution in [3.63, 3.8) is 0 Å². The van der Waals surface area contributed by atoms with Gasteiger partial charge in [-0.2, -0.15) is 5.26 Å². The Balaban J connectivity index is 2.02. The molecule has 2 atom stereocenters. The first kappa shape index (κ1) is 13.6. The number of nitrogens with zero attached hydrogens (tertiary/aromatic N) is 2. The van der Waals surface area contributed by atoms with Gasteiger partial charge in [-0.15, -0.1) is 0 Å². The lowest BCUT2D eigenvalue weighted by molar-refractivity contribution is -0.135. The Morgan fingerprint density at radius 2 is 2.26 bits per heavy atom. The number of amides is 1. The molecule has 3 heteroatoms. The highest BCUT2D eigenvalue weighted by Gasteiger charge is 2.31. The van der Waals surface area contributed by atoms with Crippen LogP contribution >= 0.6 is 0 Å². The number of rotatable bonds is 3. The third-order valence-electron chi connectivity index (χ3n) is 4.03. The van der Waals surface area contributed by atoms with Gasteiger partial charge in [0.05, 0.1) is 11.6 Å². The van der Waals surface area contributed by atoms with Gasteiger partial charge in [-0.25, -0.2) is 0 Å². The molecule has 0 spiro atoms. The molecule has 1 aromatic rings. The van der Waals surface area contributed by atoms with Crippen LogP contribution in [0, 0.1) is 23.2 Å². The van der Waals surface area contributed by atoms with Crippen molar-refractivity contribution in [3.8, 4) is 6.07 Å². The van der Waals surface area contributed by atoms with E-state index in [1.54, 1.807) is 11.0 Å². The molecule has 0 aliphatic heterocycles. The van der Waals surface area contributed by atoms with Crippen LogP contribution in [0.2, 0.25) is 0 Å². The Morgan fingerprint density at radius 3 is 2.89 bits per heavy atom. The molecular weight excluding hydrogens is 236 g/mol. The monoisotopic (exact) mass is 256 g/mol. The maximum absolute atomic E-state index is 12.4. The van der Waals surface area contributed by atoms with Gasteiger partial charge in [-0.1, -0.05) is 25.5 Å². The summed E-state index contributed by atoms with van der Waals surface area (Å²) in [4.78, 5) is 14.2. The average Bonchev–Trinajstić information content (AvgIpc) is 2.84. The fraction of sp³-hybridized carbons (Fsp3) is 0.500. The summed E-state index contributed by atoms with van der Waals surface area (Å²) in [5, 5.41) is 8.88. The topological polar surface area (TPSA) is 44.1 Å². The van der Waals surface area contributed by atoms with Gasteiger partial charge in [0, 0.05) is 19.5 Å². The summed E-state index contributed by atoms with van der Waals surface area (Å²) < 4.78 is 0. The second-order valence-electron chi connectivity index (χ2n) is 5.52. The predicted octanol–water partition coefficient (Wildman–Crippen LogP) is 2.95. The molecule has 1 saturated carbocycles. The van der Waals surface area contributed by atoms with Crippen molar-refractivity contribution in [1.29, 1.82) is 5.26 Å². The van der Waals surface area contributed by atoms with E-state index in [2.05, 4.69) is 13.0 Å². The first-order chi connectivity index (χ1) is 9.11. The normalized spacial score (nSPS) is 21.9. The Hall–Kier alpha value is -1.82. The summed E-state index contributed by atoms with van der Waals surface area (Å²) in [5.41, 5.74) is 1.66. The average molecular weight is 256 g/mol. The lowest BCUT2D eigenvalue weighted by Crippen LogP contribution is -2.33. The lowest BCUT2D eigenvalue weighted by atomic mass is 9.96. The van der Waals surface area contributed by atoms with Gasteiger partial charge < -0.3 is 4.90 Å². The largest absolute Gasteiger partial charge is 0.341 e. The second kappa shape index (κ2) is 5.88. The third kappa shape index (κ3) is 3.14. The molecule has 19 heavy (non-hydrogen) atoms. The summed E-state index contributed by atoms with van der Waals surface area (Å²) in [7, 11) is 1.85. The number of hydrogen-bond acceptors (Lipinski definition) is 2. The molecule has 2 rings (SSSR count). The number of benzene rings is 1. The van der Waals surface area contributed by atoms with Gasteiger partial charge in [0.25, 0.3) is 0 Å². The molecule has 3 nitrogen and oxygen atoms in total. The van der Waals surface area contributed by atoms with Crippen LogP contribution in [-0.4, -0.2) is 17.9 Å². The minimum Gasteiger partial charge on any atom is -0.341 e. The van der Waals surface area contributed by atoms with Gasteiger partial charge in [0.1, 0.15) is 0 Å². The zero-order valence-corrected chi connectivity index (χ0v) is 11.6. The van der Waals surface area contributed by atoms with Gasteiger partial charge in [-0.3, -0.25) is 4.79 Å². The predicted molar refractivity (Wildman–Crippen MR) is 74.1 cm³/mol. The Kier molecular flexibility index (Phi) is 4.21. The van der Waals surface area contributed by atoms with Crippen LogP contribution in [-0.2, 0) is 11.3 Å². The van der Waals surface area contributed by atoms with Crippen molar-refractivity contribution < 1.29 is 4.79 Å². The number of carbonyl (C=O) groups excluding carboxylic acids is 1. The quantitative estimate of drug-likeness (QED) is 0.834. The minimum absolute atomic E-state index is 0.184. The van der Waals surface area contributed by atoms with Crippen LogP contribution < -0.4 is 0 Å². The SMILES string of the molecule is CC1CCCC1C(=O)N(C)Cc1cccc(C#N)c1. The van der Waals surface area contributed by atoms with Gasteiger partial charge in [0.15, 0.2) is 0 Å². The molecule has 0 aromatic heterocycles. The smallest absolute Gasteiger partial charge is 0.225 e. The highest BCUT2D eigenvalue weighted by atomic mass is 16.2. The summed E-state index contributed by atoms with van der Waals surface area (Å²) in [5.74, 6) is 0.928. The van der Waals surface area contributed by atoms with E-state index >= 15 is 0 Å². The van der Waals surface area contributed by atoms with Crippen LogP contribution in [0.5, 0.6) is 0 Å². The highest BCUT2D eigenvalue weighted by molar-refractivity contribution is 5.79. The van der Waals surface area contributed by atoms with Crippen molar-refractivity contribution in [1.82, 2.24) is 4.90 Å². The molecule has 0 N–H and O–H groups in total. The number of carbonyl (C=O) groups is 1. The van der Waals surface area contributed by atoms with E-state index < -0.39 is 0 Å².